The van der Waals surface area contributed by atoms with Gasteiger partial charge in [0.25, 0.3) is 0 Å². The standard InChI is InChI=1S/C21H31N3O6/c1-13(2)17(19(28)22-12-16(25)26)24-18(27)15(11-14-9-7-6-8-10-14)23-20(29)30-21(3,4)5/h6-10,13,15,17H,11-12H2,1-5H3,(H,22,28)(H,23,29)(H,24,27)(H,25,26)/t15-,17-/m0/s1. The topological polar surface area (TPSA) is 134 Å². The minimum absolute atomic E-state index is 0.188. The summed E-state index contributed by atoms with van der Waals surface area (Å²) in [6.45, 7) is 8.01. The van der Waals surface area contributed by atoms with Gasteiger partial charge in [0.1, 0.15) is 24.2 Å². The number of nitrogens with one attached hydrogen (secondary N) is 3. The third-order valence-corrected chi connectivity index (χ3v) is 3.95. The molecule has 3 amide bonds. The summed E-state index contributed by atoms with van der Waals surface area (Å²) in [7, 11) is 0. The number of alkyl carbamates (subject to hydrolysis) is 1. The van der Waals surface area contributed by atoms with Crippen LogP contribution in [0, 0.1) is 5.92 Å². The van der Waals surface area contributed by atoms with E-state index in [1.807, 2.05) is 30.3 Å². The minimum atomic E-state index is -1.19. The molecule has 166 valence electrons. The Bertz CT molecular complexity index is 743. The van der Waals surface area contributed by atoms with Crippen LogP contribution in [0.5, 0.6) is 0 Å². The molecule has 0 aliphatic rings. The van der Waals surface area contributed by atoms with E-state index in [1.165, 1.54) is 0 Å². The second-order valence-electron chi connectivity index (χ2n) is 8.23. The lowest BCUT2D eigenvalue weighted by atomic mass is 10.0. The predicted molar refractivity (Wildman–Crippen MR) is 111 cm³/mol. The van der Waals surface area contributed by atoms with Gasteiger partial charge in [-0.3, -0.25) is 14.4 Å². The molecule has 0 saturated carbocycles. The monoisotopic (exact) mass is 421 g/mol. The van der Waals surface area contributed by atoms with Crippen LogP contribution >= 0.6 is 0 Å². The normalized spacial score (nSPS) is 13.1. The largest absolute Gasteiger partial charge is 0.480 e. The first-order chi connectivity index (χ1) is 13.9. The number of hydrogen-bond donors (Lipinski definition) is 4. The molecule has 0 unspecified atom stereocenters. The minimum Gasteiger partial charge on any atom is -0.480 e. The van der Waals surface area contributed by atoms with Crippen molar-refractivity contribution in [2.45, 2.75) is 58.7 Å². The summed E-state index contributed by atoms with van der Waals surface area (Å²) < 4.78 is 5.25. The Hall–Kier alpha value is -3.10. The summed E-state index contributed by atoms with van der Waals surface area (Å²) in [5, 5.41) is 16.2. The SMILES string of the molecule is CC(C)[C@H](NC(=O)[C@H](Cc1ccccc1)NC(=O)OC(C)(C)C)C(=O)NCC(=O)O. The molecule has 1 aromatic carbocycles. The van der Waals surface area contributed by atoms with Gasteiger partial charge in [0, 0.05) is 6.42 Å². The molecule has 0 bridgehead atoms. The number of ether oxygens (including phenoxy) is 1. The maximum atomic E-state index is 12.9. The van der Waals surface area contributed by atoms with Crippen LogP contribution < -0.4 is 16.0 Å². The van der Waals surface area contributed by atoms with Crippen LogP contribution in [0.1, 0.15) is 40.2 Å². The number of hydrogen-bond acceptors (Lipinski definition) is 5. The fourth-order valence-corrected chi connectivity index (χ4v) is 2.57. The van der Waals surface area contributed by atoms with E-state index in [0.29, 0.717) is 0 Å². The summed E-state index contributed by atoms with van der Waals surface area (Å²) >= 11 is 0. The Kier molecular flexibility index (Phi) is 9.29. The number of carboxylic acids is 1. The van der Waals surface area contributed by atoms with Gasteiger partial charge in [0.15, 0.2) is 0 Å². The van der Waals surface area contributed by atoms with Crippen LogP contribution in [0.3, 0.4) is 0 Å². The van der Waals surface area contributed by atoms with E-state index in [-0.39, 0.29) is 12.3 Å². The molecule has 0 aliphatic heterocycles. The molecule has 2 atom stereocenters. The van der Waals surface area contributed by atoms with Crippen molar-refractivity contribution in [1.82, 2.24) is 16.0 Å². The van der Waals surface area contributed by atoms with Crippen molar-refractivity contribution in [2.75, 3.05) is 6.54 Å². The lowest BCUT2D eigenvalue weighted by Gasteiger charge is -2.26. The van der Waals surface area contributed by atoms with Crippen molar-refractivity contribution in [1.29, 1.82) is 0 Å². The van der Waals surface area contributed by atoms with Crippen molar-refractivity contribution < 1.29 is 29.0 Å². The van der Waals surface area contributed by atoms with Gasteiger partial charge in [-0.2, -0.15) is 0 Å². The summed E-state index contributed by atoms with van der Waals surface area (Å²) in [6, 6.07) is 7.14. The van der Waals surface area contributed by atoms with E-state index < -0.39 is 48.1 Å². The zero-order chi connectivity index (χ0) is 22.9. The van der Waals surface area contributed by atoms with Gasteiger partial charge in [0.05, 0.1) is 0 Å². The van der Waals surface area contributed by atoms with Crippen LogP contribution in [-0.2, 0) is 25.5 Å². The lowest BCUT2D eigenvalue weighted by molar-refractivity contribution is -0.138. The second-order valence-corrected chi connectivity index (χ2v) is 8.23. The third kappa shape index (κ3) is 9.40. The fourth-order valence-electron chi connectivity index (χ4n) is 2.57. The summed E-state index contributed by atoms with van der Waals surface area (Å²) in [4.78, 5) is 48.2. The molecule has 0 heterocycles. The molecule has 0 radical (unpaired) electrons. The van der Waals surface area contributed by atoms with Crippen LogP contribution in [0.15, 0.2) is 30.3 Å². The van der Waals surface area contributed by atoms with Gasteiger partial charge >= 0.3 is 12.1 Å². The van der Waals surface area contributed by atoms with Gasteiger partial charge in [-0.05, 0) is 32.3 Å². The Morgan fingerprint density at radius 2 is 1.60 bits per heavy atom. The number of carbonyl (C=O) groups excluding carboxylic acids is 3. The van der Waals surface area contributed by atoms with Gasteiger partial charge in [-0.15, -0.1) is 0 Å². The lowest BCUT2D eigenvalue weighted by Crippen LogP contribution is -2.56. The predicted octanol–water partition coefficient (Wildman–Crippen LogP) is 1.46. The number of benzene rings is 1. The first-order valence-electron chi connectivity index (χ1n) is 9.72. The molecule has 4 N–H and O–H groups in total. The highest BCUT2D eigenvalue weighted by molar-refractivity contribution is 5.92. The molecule has 0 aromatic heterocycles. The summed E-state index contributed by atoms with van der Waals surface area (Å²) in [6.07, 6.45) is -0.567. The number of aliphatic carboxylic acids is 1. The summed E-state index contributed by atoms with van der Waals surface area (Å²) in [5.41, 5.74) is 0.0693. The van der Waals surface area contributed by atoms with Crippen molar-refractivity contribution in [3.8, 4) is 0 Å². The zero-order valence-corrected chi connectivity index (χ0v) is 18.0. The van der Waals surface area contributed by atoms with Crippen LogP contribution in [0.25, 0.3) is 0 Å². The van der Waals surface area contributed by atoms with E-state index in [1.54, 1.807) is 34.6 Å². The number of carboxylic acid groups (broad SMARTS) is 1. The average molecular weight is 421 g/mol. The molecular weight excluding hydrogens is 390 g/mol. The first kappa shape index (κ1) is 24.9. The van der Waals surface area contributed by atoms with Gasteiger partial charge in [-0.25, -0.2) is 4.79 Å². The summed E-state index contributed by atoms with van der Waals surface area (Å²) in [5.74, 6) is -2.68. The van der Waals surface area contributed by atoms with Gasteiger partial charge < -0.3 is 25.8 Å². The Labute approximate surface area is 176 Å². The Morgan fingerprint density at radius 1 is 1.00 bits per heavy atom. The second kappa shape index (κ2) is 11.2. The molecule has 0 saturated heterocycles. The molecule has 30 heavy (non-hydrogen) atoms. The smallest absolute Gasteiger partial charge is 0.408 e. The number of carbonyl (C=O) groups is 4. The highest BCUT2D eigenvalue weighted by Gasteiger charge is 2.30. The zero-order valence-electron chi connectivity index (χ0n) is 18.0. The van der Waals surface area contributed by atoms with Crippen molar-refractivity contribution in [3.63, 3.8) is 0 Å². The van der Waals surface area contributed by atoms with Crippen LogP contribution in [-0.4, -0.2) is 53.2 Å². The molecule has 9 heteroatoms. The van der Waals surface area contributed by atoms with Gasteiger partial charge in [-0.1, -0.05) is 44.2 Å². The van der Waals surface area contributed by atoms with Crippen molar-refractivity contribution >= 4 is 23.9 Å². The molecule has 0 aliphatic carbocycles. The highest BCUT2D eigenvalue weighted by Crippen LogP contribution is 2.10. The van der Waals surface area contributed by atoms with E-state index in [4.69, 9.17) is 9.84 Å². The maximum absolute atomic E-state index is 12.9. The average Bonchev–Trinajstić information content (AvgIpc) is 2.62. The maximum Gasteiger partial charge on any atom is 0.408 e. The molecule has 9 nitrogen and oxygen atoms in total. The Morgan fingerprint density at radius 3 is 2.10 bits per heavy atom. The van der Waals surface area contributed by atoms with E-state index >= 15 is 0 Å². The van der Waals surface area contributed by atoms with Gasteiger partial charge in [0.2, 0.25) is 11.8 Å². The number of rotatable bonds is 9. The van der Waals surface area contributed by atoms with Crippen molar-refractivity contribution in [2.24, 2.45) is 5.92 Å². The molecule has 1 aromatic rings. The van der Waals surface area contributed by atoms with Crippen molar-refractivity contribution in [3.05, 3.63) is 35.9 Å². The quantitative estimate of drug-likeness (QED) is 0.477. The van der Waals surface area contributed by atoms with E-state index in [9.17, 15) is 19.2 Å². The molecule has 0 spiro atoms. The molecular formula is C21H31N3O6. The van der Waals surface area contributed by atoms with Crippen LogP contribution in [0.4, 0.5) is 4.79 Å². The first-order valence-corrected chi connectivity index (χ1v) is 9.72. The Balaban J connectivity index is 2.96. The van der Waals surface area contributed by atoms with Crippen LogP contribution in [0.2, 0.25) is 0 Å². The fraction of sp³-hybridized carbons (Fsp3) is 0.524. The van der Waals surface area contributed by atoms with E-state index in [0.717, 1.165) is 5.56 Å². The van der Waals surface area contributed by atoms with E-state index in [2.05, 4.69) is 16.0 Å². The molecule has 0 fully saturated rings. The molecule has 1 rings (SSSR count). The highest BCUT2D eigenvalue weighted by atomic mass is 16.6. The third-order valence-electron chi connectivity index (χ3n) is 3.95. The number of amides is 3.